The lowest BCUT2D eigenvalue weighted by Gasteiger charge is -2.24. The van der Waals surface area contributed by atoms with Crippen molar-refractivity contribution in [3.8, 4) is 5.75 Å². The second-order valence-electron chi connectivity index (χ2n) is 4.74. The maximum absolute atomic E-state index is 12.9. The van der Waals surface area contributed by atoms with Crippen LogP contribution >= 0.6 is 11.6 Å². The van der Waals surface area contributed by atoms with Gasteiger partial charge in [0, 0.05) is 23.7 Å². The molecule has 0 fully saturated rings. The average Bonchev–Trinajstić information content (AvgIpc) is 2.55. The monoisotopic (exact) mass is 370 g/mol. The minimum Gasteiger partial charge on any atom is -0.495 e. The fourth-order valence-corrected chi connectivity index (χ4v) is 3.90. The molecule has 0 unspecified atom stereocenters. The van der Waals surface area contributed by atoms with Crippen LogP contribution in [0, 0.1) is 10.1 Å². The molecule has 2 aromatic rings. The van der Waals surface area contributed by atoms with E-state index in [1.54, 1.807) is 19.1 Å². The molecule has 2 aromatic carbocycles. The summed E-state index contributed by atoms with van der Waals surface area (Å²) in [5, 5.41) is 11.2. The molecule has 0 atom stereocenters. The van der Waals surface area contributed by atoms with Gasteiger partial charge in [0.05, 0.1) is 22.6 Å². The fourth-order valence-electron chi connectivity index (χ4n) is 2.21. The molecular weight excluding hydrogens is 356 g/mol. The Labute approximate surface area is 144 Å². The average molecular weight is 371 g/mol. The van der Waals surface area contributed by atoms with Gasteiger partial charge in [0.15, 0.2) is 0 Å². The van der Waals surface area contributed by atoms with Crippen LogP contribution in [0.3, 0.4) is 0 Å². The zero-order chi connectivity index (χ0) is 17.9. The first-order valence-corrected chi connectivity index (χ1v) is 8.73. The first-order chi connectivity index (χ1) is 11.3. The van der Waals surface area contributed by atoms with Crippen molar-refractivity contribution < 1.29 is 18.1 Å². The number of ether oxygens (including phenoxy) is 1. The number of hydrogen-bond donors (Lipinski definition) is 0. The molecule has 128 valence electrons. The number of non-ortho nitro benzene ring substituents is 1. The number of nitro groups is 1. The molecule has 0 aliphatic heterocycles. The molecular formula is C15H15ClN2O5S. The van der Waals surface area contributed by atoms with E-state index in [1.807, 2.05) is 0 Å². The summed E-state index contributed by atoms with van der Waals surface area (Å²) in [6.45, 7) is 1.75. The molecule has 9 heteroatoms. The molecule has 0 heterocycles. The molecule has 0 aromatic heterocycles. The number of nitrogens with zero attached hydrogens (tertiary/aromatic N) is 2. The van der Waals surface area contributed by atoms with Gasteiger partial charge in [-0.2, -0.15) is 0 Å². The van der Waals surface area contributed by atoms with Crippen LogP contribution in [-0.2, 0) is 10.0 Å². The van der Waals surface area contributed by atoms with Gasteiger partial charge in [0.2, 0.25) is 0 Å². The summed E-state index contributed by atoms with van der Waals surface area (Å²) in [5.41, 5.74) is -0.0378. The van der Waals surface area contributed by atoms with E-state index in [2.05, 4.69) is 0 Å². The molecule has 0 saturated carbocycles. The highest BCUT2D eigenvalue weighted by Crippen LogP contribution is 2.35. The zero-order valence-corrected chi connectivity index (χ0v) is 14.5. The van der Waals surface area contributed by atoms with Gasteiger partial charge in [-0.05, 0) is 31.2 Å². The predicted molar refractivity (Wildman–Crippen MR) is 91.3 cm³/mol. The van der Waals surface area contributed by atoms with Gasteiger partial charge in [-0.25, -0.2) is 8.42 Å². The minimum atomic E-state index is -4.02. The van der Waals surface area contributed by atoms with Crippen LogP contribution in [-0.4, -0.2) is 27.0 Å². The number of sulfonamides is 1. The summed E-state index contributed by atoms with van der Waals surface area (Å²) < 4.78 is 32.1. The topological polar surface area (TPSA) is 89.8 Å². The Bertz CT molecular complexity index is 870. The van der Waals surface area contributed by atoms with Crippen molar-refractivity contribution in [2.45, 2.75) is 11.8 Å². The minimum absolute atomic E-state index is 0.0989. The van der Waals surface area contributed by atoms with Crippen molar-refractivity contribution in [3.05, 3.63) is 57.6 Å². The molecule has 0 bridgehead atoms. The third-order valence-corrected chi connectivity index (χ3v) is 5.43. The van der Waals surface area contributed by atoms with Crippen LogP contribution in [0.1, 0.15) is 6.92 Å². The van der Waals surface area contributed by atoms with Crippen molar-refractivity contribution in [3.63, 3.8) is 0 Å². The van der Waals surface area contributed by atoms with Gasteiger partial charge in [-0.15, -0.1) is 0 Å². The highest BCUT2D eigenvalue weighted by Gasteiger charge is 2.27. The number of methoxy groups -OCH3 is 1. The SMILES string of the molecule is CCN(c1cc(Cl)ccc1OC)S(=O)(=O)c1cccc([N+](=O)[O-])c1. The summed E-state index contributed by atoms with van der Waals surface area (Å²) >= 11 is 5.97. The van der Waals surface area contributed by atoms with Crippen molar-refractivity contribution >= 4 is 33.0 Å². The highest BCUT2D eigenvalue weighted by atomic mass is 35.5. The van der Waals surface area contributed by atoms with Gasteiger partial charge in [0.1, 0.15) is 5.75 Å². The van der Waals surface area contributed by atoms with Crippen molar-refractivity contribution in [2.24, 2.45) is 0 Å². The van der Waals surface area contributed by atoms with Crippen LogP contribution < -0.4 is 9.04 Å². The third-order valence-electron chi connectivity index (χ3n) is 3.31. The standard InChI is InChI=1S/C15H15ClN2O5S/c1-3-17(14-9-11(16)7-8-15(14)23-2)24(21,22)13-6-4-5-12(10-13)18(19)20/h4-10H,3H2,1-2H3. The Morgan fingerprint density at radius 3 is 2.54 bits per heavy atom. The number of benzene rings is 2. The summed E-state index contributed by atoms with van der Waals surface area (Å²) in [6, 6.07) is 9.50. The first-order valence-electron chi connectivity index (χ1n) is 6.92. The molecule has 0 aliphatic carbocycles. The smallest absolute Gasteiger partial charge is 0.270 e. The fraction of sp³-hybridized carbons (Fsp3) is 0.200. The molecule has 2 rings (SSSR count). The Balaban J connectivity index is 2.60. The summed E-state index contributed by atoms with van der Waals surface area (Å²) in [5.74, 6) is 0.329. The van der Waals surface area contributed by atoms with Gasteiger partial charge in [-0.3, -0.25) is 14.4 Å². The van der Waals surface area contributed by atoms with E-state index in [1.165, 1.54) is 31.4 Å². The van der Waals surface area contributed by atoms with Crippen LogP contribution in [0.15, 0.2) is 47.4 Å². The number of rotatable bonds is 6. The van der Waals surface area contributed by atoms with Crippen LogP contribution in [0.25, 0.3) is 0 Å². The van der Waals surface area contributed by atoms with E-state index in [0.29, 0.717) is 10.8 Å². The Kier molecular flexibility index (Phi) is 5.30. The highest BCUT2D eigenvalue weighted by molar-refractivity contribution is 7.92. The number of nitro benzene ring substituents is 1. The second-order valence-corrected chi connectivity index (χ2v) is 7.04. The molecule has 0 spiro atoms. The molecule has 0 saturated heterocycles. The van der Waals surface area contributed by atoms with E-state index in [-0.39, 0.29) is 22.8 Å². The van der Waals surface area contributed by atoms with Gasteiger partial charge in [-0.1, -0.05) is 17.7 Å². The van der Waals surface area contributed by atoms with Crippen molar-refractivity contribution in [1.29, 1.82) is 0 Å². The van der Waals surface area contributed by atoms with Crippen LogP contribution in [0.5, 0.6) is 5.75 Å². The van der Waals surface area contributed by atoms with Crippen molar-refractivity contribution in [1.82, 2.24) is 0 Å². The van der Waals surface area contributed by atoms with E-state index in [9.17, 15) is 18.5 Å². The van der Waals surface area contributed by atoms with Gasteiger partial charge < -0.3 is 4.74 Å². The molecule has 0 aliphatic rings. The molecule has 0 amide bonds. The lowest BCUT2D eigenvalue weighted by atomic mass is 10.3. The van der Waals surface area contributed by atoms with Gasteiger partial charge >= 0.3 is 0 Å². The lowest BCUT2D eigenvalue weighted by Crippen LogP contribution is -2.31. The normalized spacial score (nSPS) is 11.1. The van der Waals surface area contributed by atoms with Crippen LogP contribution in [0.2, 0.25) is 5.02 Å². The zero-order valence-electron chi connectivity index (χ0n) is 13.0. The lowest BCUT2D eigenvalue weighted by molar-refractivity contribution is -0.385. The Hall–Kier alpha value is -2.32. The summed E-state index contributed by atoms with van der Waals surface area (Å²) in [7, 11) is -2.60. The first kappa shape index (κ1) is 18.0. The maximum Gasteiger partial charge on any atom is 0.270 e. The third kappa shape index (κ3) is 3.44. The van der Waals surface area contributed by atoms with E-state index in [0.717, 1.165) is 10.4 Å². The Morgan fingerprint density at radius 2 is 1.96 bits per heavy atom. The van der Waals surface area contributed by atoms with Crippen LogP contribution in [0.4, 0.5) is 11.4 Å². The Morgan fingerprint density at radius 1 is 1.25 bits per heavy atom. The van der Waals surface area contributed by atoms with Crippen molar-refractivity contribution in [2.75, 3.05) is 18.0 Å². The molecule has 0 radical (unpaired) electrons. The predicted octanol–water partition coefficient (Wildman–Crippen LogP) is 3.47. The maximum atomic E-state index is 12.9. The summed E-state index contributed by atoms with van der Waals surface area (Å²) in [4.78, 5) is 10.1. The number of anilines is 1. The number of hydrogen-bond acceptors (Lipinski definition) is 5. The molecule has 0 N–H and O–H groups in total. The second kappa shape index (κ2) is 7.06. The van der Waals surface area contributed by atoms with E-state index < -0.39 is 14.9 Å². The van der Waals surface area contributed by atoms with E-state index >= 15 is 0 Å². The largest absolute Gasteiger partial charge is 0.495 e. The van der Waals surface area contributed by atoms with E-state index in [4.69, 9.17) is 16.3 Å². The van der Waals surface area contributed by atoms with Gasteiger partial charge in [0.25, 0.3) is 15.7 Å². The molecule has 7 nitrogen and oxygen atoms in total. The number of halogens is 1. The molecule has 24 heavy (non-hydrogen) atoms. The quantitative estimate of drug-likeness (QED) is 0.573. The summed E-state index contributed by atoms with van der Waals surface area (Å²) in [6.07, 6.45) is 0.